The first kappa shape index (κ1) is 22.8. The van der Waals surface area contributed by atoms with Crippen LogP contribution in [0.25, 0.3) is 0 Å². The molecule has 1 heterocycles. The maximum absolute atomic E-state index is 13.5. The van der Waals surface area contributed by atoms with Crippen molar-refractivity contribution in [2.75, 3.05) is 6.54 Å². The zero-order valence-electron chi connectivity index (χ0n) is 16.1. The van der Waals surface area contributed by atoms with E-state index in [9.17, 15) is 28.0 Å². The van der Waals surface area contributed by atoms with Crippen LogP contribution in [0, 0.1) is 0 Å². The van der Waals surface area contributed by atoms with Crippen LogP contribution >= 0.6 is 0 Å². The van der Waals surface area contributed by atoms with E-state index in [0.29, 0.717) is 4.90 Å². The highest BCUT2D eigenvalue weighted by Crippen LogP contribution is 2.29. The molecular weight excluding hydrogens is 366 g/mol. The molecule has 0 bridgehead atoms. The number of carbonyl (C=O) groups excluding carboxylic acids is 4. The number of nitrogens with one attached hydrogen (secondary N) is 1. The second-order valence-electron chi connectivity index (χ2n) is 7.53. The minimum atomic E-state index is -3.62. The molecule has 1 saturated heterocycles. The quantitative estimate of drug-likeness (QED) is 0.548. The molecule has 0 radical (unpaired) electrons. The summed E-state index contributed by atoms with van der Waals surface area (Å²) in [6.45, 7) is 7.62. The fourth-order valence-corrected chi connectivity index (χ4v) is 2.31. The summed E-state index contributed by atoms with van der Waals surface area (Å²) >= 11 is 0. The van der Waals surface area contributed by atoms with Gasteiger partial charge >= 0.3 is 18.0 Å². The SMILES string of the molecule is CC(C)OC(=O)C(CCN1C(=O)CCC(F)(F)C1=O)NC(=O)OC(C)(C)C. The van der Waals surface area contributed by atoms with Gasteiger partial charge in [0.1, 0.15) is 11.6 Å². The van der Waals surface area contributed by atoms with Crippen molar-refractivity contribution in [3.05, 3.63) is 0 Å². The zero-order valence-corrected chi connectivity index (χ0v) is 16.1. The lowest BCUT2D eigenvalue weighted by Crippen LogP contribution is -2.53. The molecular formula is C17H26F2N2O6. The highest BCUT2D eigenvalue weighted by atomic mass is 19.3. The Morgan fingerprint density at radius 1 is 1.26 bits per heavy atom. The van der Waals surface area contributed by atoms with E-state index in [1.807, 2.05) is 0 Å². The molecule has 1 rings (SSSR count). The summed E-state index contributed by atoms with van der Waals surface area (Å²) in [5.41, 5.74) is -0.822. The molecule has 0 aromatic heterocycles. The third-order valence-electron chi connectivity index (χ3n) is 3.48. The first-order valence-corrected chi connectivity index (χ1v) is 8.65. The predicted octanol–water partition coefficient (Wildman–Crippen LogP) is 2.01. The molecule has 1 N–H and O–H groups in total. The summed E-state index contributed by atoms with van der Waals surface area (Å²) in [5.74, 6) is -6.80. The minimum Gasteiger partial charge on any atom is -0.461 e. The van der Waals surface area contributed by atoms with E-state index < -0.39 is 66.9 Å². The average molecular weight is 392 g/mol. The van der Waals surface area contributed by atoms with Gasteiger partial charge in [-0.1, -0.05) is 0 Å². The van der Waals surface area contributed by atoms with Crippen molar-refractivity contribution in [1.29, 1.82) is 0 Å². The molecule has 3 amide bonds. The summed E-state index contributed by atoms with van der Waals surface area (Å²) in [4.78, 5) is 48.1. The minimum absolute atomic E-state index is 0.279. The molecule has 0 aromatic carbocycles. The summed E-state index contributed by atoms with van der Waals surface area (Å²) < 4.78 is 37.2. The van der Waals surface area contributed by atoms with Crippen LogP contribution in [0.5, 0.6) is 0 Å². The number of imide groups is 1. The lowest BCUT2D eigenvalue weighted by atomic mass is 10.0. The zero-order chi connectivity index (χ0) is 21.0. The van der Waals surface area contributed by atoms with E-state index >= 15 is 0 Å². The van der Waals surface area contributed by atoms with Gasteiger partial charge in [-0.2, -0.15) is 8.78 Å². The molecule has 0 aromatic rings. The standard InChI is InChI=1S/C17H26F2N2O6/c1-10(2)26-13(23)11(20-15(25)27-16(3,4)5)7-9-21-12(22)6-8-17(18,19)14(21)24/h10-11H,6-9H2,1-5H3,(H,20,25). The lowest BCUT2D eigenvalue weighted by Gasteiger charge is -2.31. The lowest BCUT2D eigenvalue weighted by molar-refractivity contribution is -0.172. The molecule has 0 aliphatic carbocycles. The van der Waals surface area contributed by atoms with Gasteiger partial charge < -0.3 is 14.8 Å². The number of amides is 3. The number of halogens is 2. The Hall–Kier alpha value is -2.26. The van der Waals surface area contributed by atoms with Gasteiger partial charge in [-0.05, 0) is 41.0 Å². The van der Waals surface area contributed by atoms with Gasteiger partial charge in [0, 0.05) is 19.4 Å². The van der Waals surface area contributed by atoms with Gasteiger partial charge in [-0.15, -0.1) is 0 Å². The summed E-state index contributed by atoms with van der Waals surface area (Å²) in [6.07, 6.45) is -2.98. The highest BCUT2D eigenvalue weighted by molar-refractivity contribution is 6.01. The Morgan fingerprint density at radius 2 is 1.85 bits per heavy atom. The number of likely N-dealkylation sites (tertiary alicyclic amines) is 1. The van der Waals surface area contributed by atoms with Crippen molar-refractivity contribution in [2.24, 2.45) is 0 Å². The largest absolute Gasteiger partial charge is 0.461 e. The van der Waals surface area contributed by atoms with Crippen LogP contribution in [0.15, 0.2) is 0 Å². The number of hydrogen-bond donors (Lipinski definition) is 1. The van der Waals surface area contributed by atoms with Gasteiger partial charge in [0.25, 0.3) is 5.91 Å². The van der Waals surface area contributed by atoms with Gasteiger partial charge in [0.05, 0.1) is 6.10 Å². The second kappa shape index (κ2) is 8.62. The smallest absolute Gasteiger partial charge is 0.408 e. The number of alkyl halides is 2. The maximum atomic E-state index is 13.5. The van der Waals surface area contributed by atoms with Crippen molar-refractivity contribution in [3.63, 3.8) is 0 Å². The van der Waals surface area contributed by atoms with Gasteiger partial charge in [0.15, 0.2) is 0 Å². The van der Waals surface area contributed by atoms with E-state index in [0.717, 1.165) is 0 Å². The molecule has 1 atom stereocenters. The van der Waals surface area contributed by atoms with Crippen LogP contribution in [-0.2, 0) is 23.9 Å². The predicted molar refractivity (Wildman–Crippen MR) is 89.9 cm³/mol. The molecule has 8 nitrogen and oxygen atoms in total. The van der Waals surface area contributed by atoms with Crippen molar-refractivity contribution >= 4 is 23.9 Å². The first-order chi connectivity index (χ1) is 12.2. The molecule has 27 heavy (non-hydrogen) atoms. The Kier molecular flexibility index (Phi) is 7.27. The molecule has 0 saturated carbocycles. The molecule has 1 aliphatic rings. The van der Waals surface area contributed by atoms with E-state index in [2.05, 4.69) is 5.32 Å². The Labute approximate surface area is 156 Å². The van der Waals surface area contributed by atoms with E-state index in [-0.39, 0.29) is 6.42 Å². The third-order valence-corrected chi connectivity index (χ3v) is 3.48. The topological polar surface area (TPSA) is 102 Å². The second-order valence-corrected chi connectivity index (χ2v) is 7.53. The summed E-state index contributed by atoms with van der Waals surface area (Å²) in [7, 11) is 0. The third kappa shape index (κ3) is 7.10. The van der Waals surface area contributed by atoms with Crippen LogP contribution in [0.4, 0.5) is 13.6 Å². The molecule has 1 unspecified atom stereocenters. The monoisotopic (exact) mass is 392 g/mol. The number of ether oxygens (including phenoxy) is 2. The van der Waals surface area contributed by atoms with E-state index in [1.165, 1.54) is 0 Å². The van der Waals surface area contributed by atoms with Gasteiger partial charge in [-0.25, -0.2) is 9.59 Å². The Morgan fingerprint density at radius 3 is 2.37 bits per heavy atom. The molecule has 0 spiro atoms. The highest BCUT2D eigenvalue weighted by Gasteiger charge is 2.48. The Bertz CT molecular complexity index is 601. The number of esters is 1. The Balaban J connectivity index is 2.84. The van der Waals surface area contributed by atoms with E-state index in [1.54, 1.807) is 34.6 Å². The number of nitrogens with zero attached hydrogens (tertiary/aromatic N) is 1. The number of carbonyl (C=O) groups is 4. The van der Waals surface area contributed by atoms with Crippen molar-refractivity contribution < 1.29 is 37.4 Å². The number of alkyl carbamates (subject to hydrolysis) is 1. The fraction of sp³-hybridized carbons (Fsp3) is 0.765. The maximum Gasteiger partial charge on any atom is 0.408 e. The molecule has 1 aliphatic heterocycles. The number of piperidine rings is 1. The molecule has 10 heteroatoms. The van der Waals surface area contributed by atoms with Crippen molar-refractivity contribution in [2.45, 2.75) is 77.6 Å². The fourth-order valence-electron chi connectivity index (χ4n) is 2.31. The van der Waals surface area contributed by atoms with Crippen LogP contribution in [0.2, 0.25) is 0 Å². The molecule has 1 fully saturated rings. The van der Waals surface area contributed by atoms with Crippen LogP contribution in [-0.4, -0.2) is 59.0 Å². The van der Waals surface area contributed by atoms with Crippen LogP contribution < -0.4 is 5.32 Å². The number of rotatable bonds is 6. The van der Waals surface area contributed by atoms with Crippen molar-refractivity contribution in [3.8, 4) is 0 Å². The average Bonchev–Trinajstić information content (AvgIpc) is 2.48. The number of hydrogen-bond acceptors (Lipinski definition) is 6. The molecule has 154 valence electrons. The van der Waals surface area contributed by atoms with Crippen molar-refractivity contribution in [1.82, 2.24) is 10.2 Å². The first-order valence-electron chi connectivity index (χ1n) is 8.65. The van der Waals surface area contributed by atoms with Gasteiger partial charge in [0.2, 0.25) is 5.91 Å². The summed E-state index contributed by atoms with van der Waals surface area (Å²) in [5, 5.41) is 2.30. The summed E-state index contributed by atoms with van der Waals surface area (Å²) in [6, 6.07) is -1.27. The van der Waals surface area contributed by atoms with E-state index in [4.69, 9.17) is 9.47 Å². The van der Waals surface area contributed by atoms with Gasteiger partial charge in [-0.3, -0.25) is 14.5 Å². The van der Waals surface area contributed by atoms with Crippen LogP contribution in [0.3, 0.4) is 0 Å². The normalized spacial score (nSPS) is 18.3. The van der Waals surface area contributed by atoms with Crippen LogP contribution in [0.1, 0.15) is 53.9 Å².